The van der Waals surface area contributed by atoms with Crippen molar-refractivity contribution >= 4 is 5.91 Å². The average Bonchev–Trinajstić information content (AvgIpc) is 3.20. The molecule has 2 aromatic heterocycles. The standard InChI is InChI=1S/C21H23N5O3/c1-25-13-11-23-19(25)21(27)26-12-5-6-15(14-26)18-20(24-10-9-22-18)29-17-8-4-3-7-16(17)28-2/h3-4,7-11,13,15H,5-6,12,14H2,1-2H3/t15-/m1/s1. The van der Waals surface area contributed by atoms with Crippen LogP contribution in [-0.2, 0) is 7.05 Å². The summed E-state index contributed by atoms with van der Waals surface area (Å²) in [7, 11) is 3.42. The molecule has 0 radical (unpaired) electrons. The zero-order valence-electron chi connectivity index (χ0n) is 16.5. The van der Waals surface area contributed by atoms with E-state index in [1.807, 2.05) is 36.2 Å². The Labute approximate surface area is 169 Å². The maximum Gasteiger partial charge on any atom is 0.289 e. The maximum absolute atomic E-state index is 12.9. The summed E-state index contributed by atoms with van der Waals surface area (Å²) < 4.78 is 13.2. The van der Waals surface area contributed by atoms with E-state index in [0.717, 1.165) is 18.5 Å². The molecule has 3 heterocycles. The molecule has 150 valence electrons. The van der Waals surface area contributed by atoms with Gasteiger partial charge >= 0.3 is 0 Å². The van der Waals surface area contributed by atoms with Gasteiger partial charge in [0.2, 0.25) is 5.88 Å². The van der Waals surface area contributed by atoms with Crippen LogP contribution < -0.4 is 9.47 Å². The van der Waals surface area contributed by atoms with Gasteiger partial charge in [-0.2, -0.15) is 0 Å². The second-order valence-corrected chi connectivity index (χ2v) is 6.95. The van der Waals surface area contributed by atoms with Gasteiger partial charge in [0.1, 0.15) is 5.69 Å². The number of aromatic nitrogens is 4. The number of carbonyl (C=O) groups is 1. The molecule has 0 bridgehead atoms. The number of methoxy groups -OCH3 is 1. The first kappa shape index (κ1) is 18.9. The predicted octanol–water partition coefficient (Wildman–Crippen LogP) is 3.03. The van der Waals surface area contributed by atoms with Crippen LogP contribution in [0.3, 0.4) is 0 Å². The van der Waals surface area contributed by atoms with Gasteiger partial charge in [-0.05, 0) is 25.0 Å². The van der Waals surface area contributed by atoms with Crippen LogP contribution in [0.2, 0.25) is 0 Å². The Hall–Kier alpha value is -3.42. The van der Waals surface area contributed by atoms with E-state index in [1.165, 1.54) is 0 Å². The fraction of sp³-hybridized carbons (Fsp3) is 0.333. The van der Waals surface area contributed by atoms with Crippen molar-refractivity contribution in [1.29, 1.82) is 0 Å². The van der Waals surface area contributed by atoms with Gasteiger partial charge in [0.05, 0.1) is 7.11 Å². The lowest BCUT2D eigenvalue weighted by Gasteiger charge is -2.32. The van der Waals surface area contributed by atoms with Gasteiger partial charge in [-0.25, -0.2) is 9.97 Å². The fourth-order valence-corrected chi connectivity index (χ4v) is 3.60. The van der Waals surface area contributed by atoms with E-state index < -0.39 is 0 Å². The summed E-state index contributed by atoms with van der Waals surface area (Å²) in [6.45, 7) is 1.25. The van der Waals surface area contributed by atoms with Crippen LogP contribution in [-0.4, -0.2) is 50.5 Å². The summed E-state index contributed by atoms with van der Waals surface area (Å²) >= 11 is 0. The molecule has 0 saturated carbocycles. The van der Waals surface area contributed by atoms with Crippen LogP contribution in [0.5, 0.6) is 17.4 Å². The minimum Gasteiger partial charge on any atom is -0.493 e. The number of ether oxygens (including phenoxy) is 2. The van der Waals surface area contributed by atoms with Crippen molar-refractivity contribution in [3.8, 4) is 17.4 Å². The van der Waals surface area contributed by atoms with Gasteiger partial charge in [-0.1, -0.05) is 12.1 Å². The monoisotopic (exact) mass is 393 g/mol. The molecule has 0 spiro atoms. The van der Waals surface area contributed by atoms with E-state index in [4.69, 9.17) is 9.47 Å². The zero-order chi connectivity index (χ0) is 20.2. The molecule has 1 saturated heterocycles. The molecular formula is C21H23N5O3. The number of likely N-dealkylation sites (tertiary alicyclic amines) is 1. The number of para-hydroxylation sites is 2. The number of aryl methyl sites for hydroxylation is 1. The Balaban J connectivity index is 1.57. The molecule has 1 amide bonds. The average molecular weight is 393 g/mol. The molecule has 1 atom stereocenters. The van der Waals surface area contributed by atoms with E-state index >= 15 is 0 Å². The molecule has 8 heteroatoms. The van der Waals surface area contributed by atoms with E-state index in [2.05, 4.69) is 15.0 Å². The lowest BCUT2D eigenvalue weighted by atomic mass is 9.94. The highest BCUT2D eigenvalue weighted by Gasteiger charge is 2.30. The summed E-state index contributed by atoms with van der Waals surface area (Å²) in [5.41, 5.74) is 0.746. The molecule has 29 heavy (non-hydrogen) atoms. The molecule has 4 rings (SSSR count). The summed E-state index contributed by atoms with van der Waals surface area (Å²) in [5.74, 6) is 2.04. The van der Waals surface area contributed by atoms with Crippen LogP contribution in [0.4, 0.5) is 0 Å². The summed E-state index contributed by atoms with van der Waals surface area (Å²) in [4.78, 5) is 27.8. The topological polar surface area (TPSA) is 82.4 Å². The quantitative estimate of drug-likeness (QED) is 0.663. The van der Waals surface area contributed by atoms with Crippen molar-refractivity contribution < 1.29 is 14.3 Å². The number of benzene rings is 1. The number of carbonyl (C=O) groups excluding carboxylic acids is 1. The van der Waals surface area contributed by atoms with Gasteiger partial charge in [0.25, 0.3) is 5.91 Å². The van der Waals surface area contributed by atoms with Crippen LogP contribution in [0.25, 0.3) is 0 Å². The highest BCUT2D eigenvalue weighted by atomic mass is 16.5. The van der Waals surface area contributed by atoms with Crippen molar-refractivity contribution in [3.63, 3.8) is 0 Å². The highest BCUT2D eigenvalue weighted by Crippen LogP contribution is 2.35. The summed E-state index contributed by atoms with van der Waals surface area (Å²) in [5, 5.41) is 0. The lowest BCUT2D eigenvalue weighted by Crippen LogP contribution is -2.40. The molecule has 1 fully saturated rings. The van der Waals surface area contributed by atoms with Gasteiger partial charge in [0, 0.05) is 50.8 Å². The second-order valence-electron chi connectivity index (χ2n) is 6.95. The van der Waals surface area contributed by atoms with Crippen LogP contribution >= 0.6 is 0 Å². The number of imidazole rings is 1. The first-order chi connectivity index (χ1) is 14.2. The normalized spacial score (nSPS) is 16.5. The lowest BCUT2D eigenvalue weighted by molar-refractivity contribution is 0.0688. The number of hydrogen-bond acceptors (Lipinski definition) is 6. The van der Waals surface area contributed by atoms with Crippen LogP contribution in [0.1, 0.15) is 35.1 Å². The highest BCUT2D eigenvalue weighted by molar-refractivity contribution is 5.90. The van der Waals surface area contributed by atoms with Gasteiger partial charge in [-0.3, -0.25) is 9.78 Å². The van der Waals surface area contributed by atoms with Gasteiger partial charge in [0.15, 0.2) is 17.3 Å². The largest absolute Gasteiger partial charge is 0.493 e. The van der Waals surface area contributed by atoms with Crippen molar-refractivity contribution in [3.05, 3.63) is 60.6 Å². The first-order valence-corrected chi connectivity index (χ1v) is 9.55. The Morgan fingerprint density at radius 3 is 2.66 bits per heavy atom. The second kappa shape index (κ2) is 8.30. The van der Waals surface area contributed by atoms with Crippen molar-refractivity contribution in [2.24, 2.45) is 7.05 Å². The number of amides is 1. The third kappa shape index (κ3) is 3.91. The minimum absolute atomic E-state index is 0.0337. The Morgan fingerprint density at radius 1 is 1.10 bits per heavy atom. The summed E-state index contributed by atoms with van der Waals surface area (Å²) in [6, 6.07) is 7.42. The zero-order valence-corrected chi connectivity index (χ0v) is 16.5. The molecule has 0 N–H and O–H groups in total. The molecule has 0 unspecified atom stereocenters. The number of piperidine rings is 1. The number of nitrogens with zero attached hydrogens (tertiary/aromatic N) is 5. The SMILES string of the molecule is COc1ccccc1Oc1nccnc1[C@@H]1CCCN(C(=O)c2nccn2C)C1. The maximum atomic E-state index is 12.9. The smallest absolute Gasteiger partial charge is 0.289 e. The fourth-order valence-electron chi connectivity index (χ4n) is 3.60. The predicted molar refractivity (Wildman–Crippen MR) is 106 cm³/mol. The third-order valence-electron chi connectivity index (χ3n) is 5.07. The van der Waals surface area contributed by atoms with E-state index in [9.17, 15) is 4.79 Å². The molecule has 0 aliphatic carbocycles. The first-order valence-electron chi connectivity index (χ1n) is 9.55. The third-order valence-corrected chi connectivity index (χ3v) is 5.07. The van der Waals surface area contributed by atoms with Crippen molar-refractivity contribution in [2.75, 3.05) is 20.2 Å². The Bertz CT molecular complexity index is 1000. The van der Waals surface area contributed by atoms with E-state index in [1.54, 1.807) is 36.5 Å². The Kier molecular flexibility index (Phi) is 5.41. The van der Waals surface area contributed by atoms with E-state index in [-0.39, 0.29) is 11.8 Å². The molecule has 8 nitrogen and oxygen atoms in total. The molecule has 3 aromatic rings. The minimum atomic E-state index is -0.0710. The van der Waals surface area contributed by atoms with Crippen LogP contribution in [0.15, 0.2) is 49.1 Å². The van der Waals surface area contributed by atoms with Gasteiger partial charge in [-0.15, -0.1) is 0 Å². The summed E-state index contributed by atoms with van der Waals surface area (Å²) in [6.07, 6.45) is 8.46. The van der Waals surface area contributed by atoms with Crippen molar-refractivity contribution in [2.45, 2.75) is 18.8 Å². The number of hydrogen-bond donors (Lipinski definition) is 0. The van der Waals surface area contributed by atoms with E-state index in [0.29, 0.717) is 36.3 Å². The molecule has 1 aliphatic rings. The van der Waals surface area contributed by atoms with Crippen LogP contribution in [0, 0.1) is 0 Å². The molecule has 1 aliphatic heterocycles. The van der Waals surface area contributed by atoms with Gasteiger partial charge < -0.3 is 18.9 Å². The number of rotatable bonds is 5. The Morgan fingerprint density at radius 2 is 1.90 bits per heavy atom. The van der Waals surface area contributed by atoms with Crippen molar-refractivity contribution in [1.82, 2.24) is 24.4 Å². The molecule has 1 aromatic carbocycles. The molecular weight excluding hydrogens is 370 g/mol.